The zero-order valence-corrected chi connectivity index (χ0v) is 9.41. The van der Waals surface area contributed by atoms with Gasteiger partial charge in [0.25, 0.3) is 0 Å². The molecule has 1 aliphatic rings. The number of rotatable bonds is 2. The quantitative estimate of drug-likeness (QED) is 0.794. The largest absolute Gasteiger partial charge is 0.353 e. The monoisotopic (exact) mass is 209 g/mol. The molecule has 2 nitrogen and oxygen atoms in total. The summed E-state index contributed by atoms with van der Waals surface area (Å²) < 4.78 is 0. The number of carbonyl (C=O) groups excluding carboxylic acids is 1. The fraction of sp³-hybridized carbons (Fsp3) is 0.545. The molecule has 1 N–H and O–H groups in total. The van der Waals surface area contributed by atoms with Crippen molar-refractivity contribution < 1.29 is 4.79 Å². The van der Waals surface area contributed by atoms with Crippen molar-refractivity contribution in [1.82, 2.24) is 5.32 Å². The summed E-state index contributed by atoms with van der Waals surface area (Å²) in [5.41, 5.74) is 1.40. The number of nitrogens with one attached hydrogen (secondary N) is 1. The first-order chi connectivity index (χ1) is 6.65. The predicted octanol–water partition coefficient (Wildman–Crippen LogP) is 2.19. The van der Waals surface area contributed by atoms with E-state index < -0.39 is 0 Å². The van der Waals surface area contributed by atoms with E-state index in [1.165, 1.54) is 15.3 Å². The van der Waals surface area contributed by atoms with Crippen LogP contribution in [-0.2, 0) is 11.2 Å². The van der Waals surface area contributed by atoms with Gasteiger partial charge in [-0.25, -0.2) is 0 Å². The average Bonchev–Trinajstić information content (AvgIpc) is 2.61. The van der Waals surface area contributed by atoms with Crippen LogP contribution in [0.4, 0.5) is 0 Å². The number of aryl methyl sites for hydroxylation is 2. The summed E-state index contributed by atoms with van der Waals surface area (Å²) in [5.74, 6) is 0.208. The highest BCUT2D eigenvalue weighted by Gasteiger charge is 2.21. The third kappa shape index (κ3) is 1.98. The minimum atomic E-state index is 0.208. The van der Waals surface area contributed by atoms with Crippen LogP contribution >= 0.6 is 11.3 Å². The summed E-state index contributed by atoms with van der Waals surface area (Å²) in [6.45, 7) is 4.29. The van der Waals surface area contributed by atoms with Crippen molar-refractivity contribution in [1.29, 1.82) is 0 Å². The third-order valence-corrected chi connectivity index (χ3v) is 3.70. The molecule has 3 heteroatoms. The molecule has 0 radical (unpaired) electrons. The van der Waals surface area contributed by atoms with Gasteiger partial charge in [0.05, 0.1) is 0 Å². The second kappa shape index (κ2) is 3.73. The molecule has 2 heterocycles. The Labute approximate surface area is 88.3 Å². The Bertz CT molecular complexity index is 356. The summed E-state index contributed by atoms with van der Waals surface area (Å²) in [6.07, 6.45) is 2.70. The molecule has 1 aliphatic heterocycles. The molecule has 2 rings (SSSR count). The van der Waals surface area contributed by atoms with Gasteiger partial charge in [0.2, 0.25) is 5.91 Å². The third-order valence-electron chi connectivity index (χ3n) is 2.70. The van der Waals surface area contributed by atoms with Crippen LogP contribution in [0.25, 0.3) is 0 Å². The van der Waals surface area contributed by atoms with Crippen molar-refractivity contribution in [3.8, 4) is 0 Å². The lowest BCUT2D eigenvalue weighted by atomic mass is 10.1. The Balaban J connectivity index is 2.04. The topological polar surface area (TPSA) is 29.1 Å². The highest BCUT2D eigenvalue weighted by molar-refractivity contribution is 7.12. The summed E-state index contributed by atoms with van der Waals surface area (Å²) in [5, 5.41) is 3.00. The number of amides is 1. The van der Waals surface area contributed by atoms with E-state index in [9.17, 15) is 4.79 Å². The van der Waals surface area contributed by atoms with Gasteiger partial charge in [-0.2, -0.15) is 0 Å². The molecule has 1 amide bonds. The van der Waals surface area contributed by atoms with E-state index in [0.717, 1.165) is 12.8 Å². The second-order valence-corrected chi connectivity index (χ2v) is 5.41. The van der Waals surface area contributed by atoms with E-state index in [-0.39, 0.29) is 5.91 Å². The summed E-state index contributed by atoms with van der Waals surface area (Å²) in [6, 6.07) is 2.61. The molecule has 1 saturated heterocycles. The van der Waals surface area contributed by atoms with Gasteiger partial charge in [-0.1, -0.05) is 0 Å². The van der Waals surface area contributed by atoms with Crippen molar-refractivity contribution in [3.63, 3.8) is 0 Å². The number of thiophene rings is 1. The van der Waals surface area contributed by atoms with Gasteiger partial charge in [-0.05, 0) is 38.3 Å². The van der Waals surface area contributed by atoms with Crippen molar-refractivity contribution in [2.24, 2.45) is 0 Å². The SMILES string of the molecule is Cc1cc(CC2CCC(=O)N2)c(C)s1. The van der Waals surface area contributed by atoms with E-state index in [1.807, 2.05) is 11.3 Å². The first-order valence-electron chi connectivity index (χ1n) is 5.00. The van der Waals surface area contributed by atoms with E-state index >= 15 is 0 Å². The van der Waals surface area contributed by atoms with Gasteiger partial charge in [0.15, 0.2) is 0 Å². The van der Waals surface area contributed by atoms with Crippen LogP contribution in [-0.4, -0.2) is 11.9 Å². The smallest absolute Gasteiger partial charge is 0.220 e. The normalized spacial score (nSPS) is 21.3. The van der Waals surface area contributed by atoms with Gasteiger partial charge in [-0.3, -0.25) is 4.79 Å². The molecule has 0 aliphatic carbocycles. The van der Waals surface area contributed by atoms with Crippen LogP contribution < -0.4 is 5.32 Å². The molecule has 1 fully saturated rings. The van der Waals surface area contributed by atoms with Crippen LogP contribution in [0.1, 0.15) is 28.2 Å². The highest BCUT2D eigenvalue weighted by Crippen LogP contribution is 2.23. The van der Waals surface area contributed by atoms with Crippen molar-refractivity contribution >= 4 is 17.2 Å². The molecule has 0 bridgehead atoms. The van der Waals surface area contributed by atoms with Gasteiger partial charge in [-0.15, -0.1) is 11.3 Å². The van der Waals surface area contributed by atoms with Crippen LogP contribution in [0.15, 0.2) is 6.07 Å². The fourth-order valence-corrected chi connectivity index (χ4v) is 2.94. The molecule has 0 saturated carbocycles. The van der Waals surface area contributed by atoms with Crippen LogP contribution in [0.2, 0.25) is 0 Å². The van der Waals surface area contributed by atoms with Gasteiger partial charge >= 0.3 is 0 Å². The lowest BCUT2D eigenvalue weighted by molar-refractivity contribution is -0.119. The van der Waals surface area contributed by atoms with Gasteiger partial charge < -0.3 is 5.32 Å². The highest BCUT2D eigenvalue weighted by atomic mass is 32.1. The Morgan fingerprint density at radius 3 is 2.86 bits per heavy atom. The summed E-state index contributed by atoms with van der Waals surface area (Å²) in [7, 11) is 0. The average molecular weight is 209 g/mol. The standard InChI is InChI=1S/C11H15NOS/c1-7-5-9(8(2)14-7)6-10-3-4-11(13)12-10/h5,10H,3-4,6H2,1-2H3,(H,12,13). The second-order valence-electron chi connectivity index (χ2n) is 3.95. The van der Waals surface area contributed by atoms with Gasteiger partial charge in [0.1, 0.15) is 0 Å². The number of hydrogen-bond donors (Lipinski definition) is 1. The number of hydrogen-bond acceptors (Lipinski definition) is 2. The Morgan fingerprint density at radius 2 is 2.36 bits per heavy atom. The molecule has 14 heavy (non-hydrogen) atoms. The van der Waals surface area contributed by atoms with Crippen LogP contribution in [0, 0.1) is 13.8 Å². The molecular formula is C11H15NOS. The predicted molar refractivity (Wildman–Crippen MR) is 58.7 cm³/mol. The van der Waals surface area contributed by atoms with Gasteiger partial charge in [0, 0.05) is 22.2 Å². The molecule has 1 aromatic heterocycles. The number of carbonyl (C=O) groups is 1. The summed E-state index contributed by atoms with van der Waals surface area (Å²) in [4.78, 5) is 13.8. The van der Waals surface area contributed by atoms with Crippen molar-refractivity contribution in [2.45, 2.75) is 39.2 Å². The maximum absolute atomic E-state index is 11.0. The van der Waals surface area contributed by atoms with E-state index in [0.29, 0.717) is 12.5 Å². The lowest BCUT2D eigenvalue weighted by Gasteiger charge is -2.08. The molecule has 0 aromatic carbocycles. The summed E-state index contributed by atoms with van der Waals surface area (Å²) >= 11 is 1.84. The molecule has 0 spiro atoms. The minimum absolute atomic E-state index is 0.208. The fourth-order valence-electron chi connectivity index (χ4n) is 1.98. The first kappa shape index (κ1) is 9.71. The van der Waals surface area contributed by atoms with E-state index in [2.05, 4.69) is 25.2 Å². The van der Waals surface area contributed by atoms with E-state index in [1.54, 1.807) is 0 Å². The molecule has 1 unspecified atom stereocenters. The Morgan fingerprint density at radius 1 is 1.57 bits per heavy atom. The Kier molecular flexibility index (Phi) is 2.59. The van der Waals surface area contributed by atoms with Crippen molar-refractivity contribution in [3.05, 3.63) is 21.4 Å². The molecule has 1 aromatic rings. The zero-order valence-electron chi connectivity index (χ0n) is 8.59. The Hall–Kier alpha value is -0.830. The zero-order chi connectivity index (χ0) is 10.1. The molecule has 1 atom stereocenters. The minimum Gasteiger partial charge on any atom is -0.353 e. The maximum Gasteiger partial charge on any atom is 0.220 e. The van der Waals surface area contributed by atoms with Crippen molar-refractivity contribution in [2.75, 3.05) is 0 Å². The maximum atomic E-state index is 11.0. The first-order valence-corrected chi connectivity index (χ1v) is 5.82. The molecular weight excluding hydrogens is 194 g/mol. The van der Waals surface area contributed by atoms with Crippen LogP contribution in [0.5, 0.6) is 0 Å². The lowest BCUT2D eigenvalue weighted by Crippen LogP contribution is -2.27. The molecule has 76 valence electrons. The van der Waals surface area contributed by atoms with Crippen LogP contribution in [0.3, 0.4) is 0 Å². The van der Waals surface area contributed by atoms with E-state index in [4.69, 9.17) is 0 Å².